The van der Waals surface area contributed by atoms with E-state index in [1.807, 2.05) is 0 Å². The lowest BCUT2D eigenvalue weighted by molar-refractivity contribution is 0.108. The number of hydrogen-bond donors (Lipinski definition) is 2. The summed E-state index contributed by atoms with van der Waals surface area (Å²) in [6.45, 7) is 5.44. The van der Waals surface area contributed by atoms with Crippen molar-refractivity contribution in [2.45, 2.75) is 51.7 Å². The number of rotatable bonds is 4. The summed E-state index contributed by atoms with van der Waals surface area (Å²) in [5.74, 6) is 0.737. The first kappa shape index (κ1) is 13.6. The molecule has 1 aromatic carbocycles. The zero-order valence-electron chi connectivity index (χ0n) is 11.5. The standard InChI is InChI=1S/C16H25NO/c1-12-4-3-5-15(10-12)13(2)17-11-14-6-8-16(18)9-7-14/h3-5,10,13-14,16-18H,6-9,11H2,1-2H3. The van der Waals surface area contributed by atoms with E-state index in [1.54, 1.807) is 0 Å². The van der Waals surface area contributed by atoms with Crippen LogP contribution >= 0.6 is 0 Å². The van der Waals surface area contributed by atoms with E-state index in [0.29, 0.717) is 6.04 Å². The zero-order chi connectivity index (χ0) is 13.0. The van der Waals surface area contributed by atoms with E-state index in [4.69, 9.17) is 0 Å². The molecular weight excluding hydrogens is 222 g/mol. The van der Waals surface area contributed by atoms with Gasteiger partial charge in [-0.25, -0.2) is 0 Å². The molecule has 1 saturated carbocycles. The number of nitrogens with one attached hydrogen (secondary N) is 1. The van der Waals surface area contributed by atoms with Crippen LogP contribution in [0.3, 0.4) is 0 Å². The van der Waals surface area contributed by atoms with E-state index in [-0.39, 0.29) is 6.10 Å². The van der Waals surface area contributed by atoms with Gasteiger partial charge in [0.25, 0.3) is 0 Å². The molecule has 0 radical (unpaired) electrons. The van der Waals surface area contributed by atoms with E-state index in [1.165, 1.54) is 11.1 Å². The number of hydrogen-bond acceptors (Lipinski definition) is 2. The smallest absolute Gasteiger partial charge is 0.0540 e. The maximum Gasteiger partial charge on any atom is 0.0540 e. The second kappa shape index (κ2) is 6.35. The van der Waals surface area contributed by atoms with Crippen LogP contribution in [0, 0.1) is 12.8 Å². The van der Waals surface area contributed by atoms with Crippen LogP contribution in [0.25, 0.3) is 0 Å². The van der Waals surface area contributed by atoms with Crippen LogP contribution in [0.4, 0.5) is 0 Å². The van der Waals surface area contributed by atoms with Gasteiger partial charge in [-0.05, 0) is 57.6 Å². The summed E-state index contributed by atoms with van der Waals surface area (Å²) in [6.07, 6.45) is 4.23. The molecule has 0 saturated heterocycles. The Labute approximate surface area is 110 Å². The lowest BCUT2D eigenvalue weighted by atomic mass is 9.87. The minimum Gasteiger partial charge on any atom is -0.393 e. The third-order valence-corrected chi connectivity index (χ3v) is 4.07. The molecular formula is C16H25NO. The molecule has 1 unspecified atom stereocenters. The number of aliphatic hydroxyl groups is 1. The van der Waals surface area contributed by atoms with Crippen molar-refractivity contribution >= 4 is 0 Å². The monoisotopic (exact) mass is 247 g/mol. The van der Waals surface area contributed by atoms with E-state index < -0.39 is 0 Å². The average Bonchev–Trinajstić information content (AvgIpc) is 2.38. The van der Waals surface area contributed by atoms with Crippen LogP contribution < -0.4 is 5.32 Å². The largest absolute Gasteiger partial charge is 0.393 e. The van der Waals surface area contributed by atoms with E-state index in [2.05, 4.69) is 43.4 Å². The molecule has 1 aliphatic rings. The van der Waals surface area contributed by atoms with Gasteiger partial charge < -0.3 is 10.4 Å². The van der Waals surface area contributed by atoms with Gasteiger partial charge in [0.15, 0.2) is 0 Å². The Hall–Kier alpha value is -0.860. The molecule has 1 aromatic rings. The summed E-state index contributed by atoms with van der Waals surface area (Å²) >= 11 is 0. The van der Waals surface area contributed by atoms with Crippen molar-refractivity contribution in [1.82, 2.24) is 5.32 Å². The van der Waals surface area contributed by atoms with E-state index in [9.17, 15) is 5.11 Å². The zero-order valence-corrected chi connectivity index (χ0v) is 11.5. The Morgan fingerprint density at radius 1 is 1.28 bits per heavy atom. The summed E-state index contributed by atoms with van der Waals surface area (Å²) in [5, 5.41) is 13.1. The fraction of sp³-hybridized carbons (Fsp3) is 0.625. The van der Waals surface area contributed by atoms with Crippen molar-refractivity contribution in [1.29, 1.82) is 0 Å². The SMILES string of the molecule is Cc1cccc(C(C)NCC2CCC(O)CC2)c1. The first-order valence-electron chi connectivity index (χ1n) is 7.13. The Morgan fingerprint density at radius 2 is 2.00 bits per heavy atom. The molecule has 1 atom stereocenters. The van der Waals surface area contributed by atoms with Crippen molar-refractivity contribution in [3.63, 3.8) is 0 Å². The molecule has 0 bridgehead atoms. The minimum atomic E-state index is -0.0459. The molecule has 2 heteroatoms. The summed E-state index contributed by atoms with van der Waals surface area (Å²) in [7, 11) is 0. The average molecular weight is 247 g/mol. The van der Waals surface area contributed by atoms with Crippen LogP contribution in [0.5, 0.6) is 0 Å². The molecule has 0 heterocycles. The van der Waals surface area contributed by atoms with Crippen molar-refractivity contribution in [3.8, 4) is 0 Å². The maximum absolute atomic E-state index is 9.49. The summed E-state index contributed by atoms with van der Waals surface area (Å²) < 4.78 is 0. The van der Waals surface area contributed by atoms with E-state index in [0.717, 1.165) is 38.1 Å². The van der Waals surface area contributed by atoms with Gasteiger partial charge in [0.05, 0.1) is 6.10 Å². The van der Waals surface area contributed by atoms with Gasteiger partial charge in [-0.1, -0.05) is 29.8 Å². The predicted octanol–water partition coefficient (Wildman–Crippen LogP) is 3.20. The fourth-order valence-electron chi connectivity index (χ4n) is 2.75. The number of benzene rings is 1. The van der Waals surface area contributed by atoms with Gasteiger partial charge in [-0.15, -0.1) is 0 Å². The number of aryl methyl sites for hydroxylation is 1. The van der Waals surface area contributed by atoms with Crippen molar-refractivity contribution in [2.24, 2.45) is 5.92 Å². The third-order valence-electron chi connectivity index (χ3n) is 4.07. The van der Waals surface area contributed by atoms with Gasteiger partial charge in [0.1, 0.15) is 0 Å². The highest BCUT2D eigenvalue weighted by molar-refractivity contribution is 5.24. The van der Waals surface area contributed by atoms with Gasteiger partial charge in [-0.3, -0.25) is 0 Å². The first-order chi connectivity index (χ1) is 8.65. The van der Waals surface area contributed by atoms with Crippen molar-refractivity contribution in [3.05, 3.63) is 35.4 Å². The topological polar surface area (TPSA) is 32.3 Å². The summed E-state index contributed by atoms with van der Waals surface area (Å²) in [5.41, 5.74) is 2.69. The molecule has 0 aromatic heterocycles. The molecule has 100 valence electrons. The lowest BCUT2D eigenvalue weighted by Gasteiger charge is -2.27. The number of aliphatic hydroxyl groups excluding tert-OH is 1. The van der Waals surface area contributed by atoms with Gasteiger partial charge in [0, 0.05) is 6.04 Å². The van der Waals surface area contributed by atoms with Gasteiger partial charge in [0.2, 0.25) is 0 Å². The van der Waals surface area contributed by atoms with Crippen LogP contribution in [0.2, 0.25) is 0 Å². The highest BCUT2D eigenvalue weighted by Crippen LogP contribution is 2.24. The highest BCUT2D eigenvalue weighted by atomic mass is 16.3. The molecule has 18 heavy (non-hydrogen) atoms. The normalized spacial score (nSPS) is 25.9. The lowest BCUT2D eigenvalue weighted by Crippen LogP contribution is -2.29. The molecule has 0 spiro atoms. The molecule has 1 fully saturated rings. The molecule has 2 nitrogen and oxygen atoms in total. The van der Waals surface area contributed by atoms with Crippen LogP contribution in [-0.2, 0) is 0 Å². The molecule has 0 aliphatic heterocycles. The fourth-order valence-corrected chi connectivity index (χ4v) is 2.75. The molecule has 2 N–H and O–H groups in total. The third kappa shape index (κ3) is 3.82. The van der Waals surface area contributed by atoms with E-state index >= 15 is 0 Å². The second-order valence-electron chi connectivity index (χ2n) is 5.72. The molecule has 2 rings (SSSR count). The Bertz CT molecular complexity index is 369. The molecule has 0 amide bonds. The summed E-state index contributed by atoms with van der Waals surface area (Å²) in [4.78, 5) is 0. The quantitative estimate of drug-likeness (QED) is 0.856. The Morgan fingerprint density at radius 3 is 2.67 bits per heavy atom. The molecule has 1 aliphatic carbocycles. The second-order valence-corrected chi connectivity index (χ2v) is 5.72. The van der Waals surface area contributed by atoms with Gasteiger partial charge in [-0.2, -0.15) is 0 Å². The van der Waals surface area contributed by atoms with Crippen molar-refractivity contribution in [2.75, 3.05) is 6.54 Å². The maximum atomic E-state index is 9.49. The van der Waals surface area contributed by atoms with Crippen molar-refractivity contribution < 1.29 is 5.11 Å². The van der Waals surface area contributed by atoms with Crippen LogP contribution in [0.15, 0.2) is 24.3 Å². The van der Waals surface area contributed by atoms with Gasteiger partial charge >= 0.3 is 0 Å². The first-order valence-corrected chi connectivity index (χ1v) is 7.13. The highest BCUT2D eigenvalue weighted by Gasteiger charge is 2.19. The van der Waals surface area contributed by atoms with Crippen LogP contribution in [-0.4, -0.2) is 17.8 Å². The van der Waals surface area contributed by atoms with Crippen LogP contribution in [0.1, 0.15) is 49.8 Å². The Kier molecular flexibility index (Phi) is 4.79. The minimum absolute atomic E-state index is 0.0459. The predicted molar refractivity (Wildman–Crippen MR) is 75.6 cm³/mol. The Balaban J connectivity index is 1.79. The summed E-state index contributed by atoms with van der Waals surface area (Å²) in [6, 6.07) is 9.12.